The van der Waals surface area contributed by atoms with Crippen LogP contribution >= 0.6 is 11.6 Å². The van der Waals surface area contributed by atoms with E-state index in [0.717, 1.165) is 24.6 Å². The summed E-state index contributed by atoms with van der Waals surface area (Å²) in [6.45, 7) is 1.84. The van der Waals surface area contributed by atoms with Crippen LogP contribution in [0.3, 0.4) is 0 Å². The maximum atomic E-state index is 6.15. The van der Waals surface area contributed by atoms with Crippen LogP contribution in [0.15, 0.2) is 24.3 Å². The topological polar surface area (TPSA) is 21.3 Å². The monoisotopic (exact) mass is 293 g/mol. The van der Waals surface area contributed by atoms with Crippen LogP contribution in [0, 0.1) is 0 Å². The average Bonchev–Trinajstić information content (AvgIpc) is 2.48. The number of ether oxygens (including phenoxy) is 1. The fourth-order valence-corrected chi connectivity index (χ4v) is 3.74. The number of hydrogen-bond acceptors (Lipinski definition) is 2. The van der Waals surface area contributed by atoms with E-state index in [1.165, 1.54) is 44.1 Å². The summed E-state index contributed by atoms with van der Waals surface area (Å²) in [6, 6.07) is 8.73. The lowest BCUT2D eigenvalue weighted by molar-refractivity contribution is -0.109. The first kappa shape index (κ1) is 14.4. The third kappa shape index (κ3) is 3.55. The van der Waals surface area contributed by atoms with E-state index in [-0.39, 0.29) is 5.60 Å². The number of rotatable bonds is 3. The van der Waals surface area contributed by atoms with E-state index in [2.05, 4.69) is 17.4 Å². The summed E-state index contributed by atoms with van der Waals surface area (Å²) < 4.78 is 6.15. The number of benzene rings is 1. The largest absolute Gasteiger partial charge is 0.375 e. The summed E-state index contributed by atoms with van der Waals surface area (Å²) in [5.41, 5.74) is 1.49. The third-order valence-corrected chi connectivity index (χ3v) is 5.02. The van der Waals surface area contributed by atoms with Crippen molar-refractivity contribution in [2.45, 2.75) is 63.1 Å². The smallest absolute Gasteiger partial charge is 0.0697 e. The Labute approximate surface area is 126 Å². The van der Waals surface area contributed by atoms with Gasteiger partial charge in [0.2, 0.25) is 0 Å². The molecular weight excluding hydrogens is 270 g/mol. The van der Waals surface area contributed by atoms with Crippen LogP contribution < -0.4 is 5.32 Å². The molecule has 1 unspecified atom stereocenters. The van der Waals surface area contributed by atoms with Crippen LogP contribution in [-0.4, -0.2) is 18.2 Å². The van der Waals surface area contributed by atoms with E-state index in [0.29, 0.717) is 6.04 Å². The molecule has 3 heteroatoms. The fraction of sp³-hybridized carbons (Fsp3) is 0.647. The van der Waals surface area contributed by atoms with E-state index < -0.39 is 0 Å². The first-order chi connectivity index (χ1) is 9.76. The van der Waals surface area contributed by atoms with E-state index >= 15 is 0 Å². The summed E-state index contributed by atoms with van der Waals surface area (Å²) in [6.07, 6.45) is 8.88. The molecule has 1 N–H and O–H groups in total. The second-order valence-electron chi connectivity index (χ2n) is 6.29. The second kappa shape index (κ2) is 6.46. The molecule has 2 fully saturated rings. The van der Waals surface area contributed by atoms with E-state index in [4.69, 9.17) is 16.3 Å². The molecule has 1 saturated heterocycles. The van der Waals surface area contributed by atoms with Gasteiger partial charge in [-0.05, 0) is 43.4 Å². The van der Waals surface area contributed by atoms with Gasteiger partial charge >= 0.3 is 0 Å². The van der Waals surface area contributed by atoms with Crippen molar-refractivity contribution in [2.24, 2.45) is 0 Å². The van der Waals surface area contributed by atoms with Crippen LogP contribution in [0.2, 0.25) is 5.02 Å². The molecule has 0 radical (unpaired) electrons. The summed E-state index contributed by atoms with van der Waals surface area (Å²) in [5.74, 6) is 0. The Morgan fingerprint density at radius 2 is 1.90 bits per heavy atom. The van der Waals surface area contributed by atoms with Crippen molar-refractivity contribution >= 4 is 11.6 Å². The van der Waals surface area contributed by atoms with Crippen molar-refractivity contribution in [1.82, 2.24) is 5.32 Å². The van der Waals surface area contributed by atoms with Gasteiger partial charge in [0.25, 0.3) is 0 Å². The second-order valence-corrected chi connectivity index (χ2v) is 6.73. The highest BCUT2D eigenvalue weighted by atomic mass is 35.5. The fourth-order valence-electron chi connectivity index (χ4n) is 3.61. The molecule has 1 aliphatic carbocycles. The summed E-state index contributed by atoms with van der Waals surface area (Å²) in [7, 11) is 0. The molecule has 110 valence electrons. The maximum absolute atomic E-state index is 6.15. The third-order valence-electron chi connectivity index (χ3n) is 4.77. The van der Waals surface area contributed by atoms with Crippen LogP contribution in [0.4, 0.5) is 0 Å². The van der Waals surface area contributed by atoms with Gasteiger partial charge in [-0.25, -0.2) is 0 Å². The lowest BCUT2D eigenvalue weighted by Crippen LogP contribution is -2.47. The highest BCUT2D eigenvalue weighted by Crippen LogP contribution is 2.38. The Hall–Kier alpha value is -0.570. The van der Waals surface area contributed by atoms with Crippen molar-refractivity contribution in [2.75, 3.05) is 6.61 Å². The Morgan fingerprint density at radius 1 is 1.15 bits per heavy atom. The van der Waals surface area contributed by atoms with Gasteiger partial charge in [0.1, 0.15) is 0 Å². The highest BCUT2D eigenvalue weighted by Gasteiger charge is 2.38. The Balaban J connectivity index is 1.53. The van der Waals surface area contributed by atoms with Gasteiger partial charge in [0.15, 0.2) is 0 Å². The van der Waals surface area contributed by atoms with Crippen molar-refractivity contribution in [3.63, 3.8) is 0 Å². The average molecular weight is 294 g/mol. The van der Waals surface area contributed by atoms with Crippen molar-refractivity contribution in [3.05, 3.63) is 34.9 Å². The van der Waals surface area contributed by atoms with Crippen LogP contribution in [0.25, 0.3) is 0 Å². The standard InChI is InChI=1S/C17H24ClNO/c18-15-6-4-14(5-7-15)13-19-16-8-11-20-17(12-16)9-2-1-3-10-17/h4-7,16,19H,1-3,8-13H2. The minimum Gasteiger partial charge on any atom is -0.375 e. The minimum atomic E-state index is 0.189. The molecule has 0 aromatic heterocycles. The zero-order valence-electron chi connectivity index (χ0n) is 12.0. The number of halogens is 1. The quantitative estimate of drug-likeness (QED) is 0.896. The zero-order chi connectivity index (χ0) is 13.8. The Morgan fingerprint density at radius 3 is 2.65 bits per heavy atom. The molecular formula is C17H24ClNO. The minimum absolute atomic E-state index is 0.189. The molecule has 1 heterocycles. The maximum Gasteiger partial charge on any atom is 0.0697 e. The molecule has 1 aromatic carbocycles. The van der Waals surface area contributed by atoms with Crippen LogP contribution in [0.5, 0.6) is 0 Å². The molecule has 0 amide bonds. The van der Waals surface area contributed by atoms with Crippen molar-refractivity contribution in [1.29, 1.82) is 0 Å². The van der Waals surface area contributed by atoms with Gasteiger partial charge in [-0.2, -0.15) is 0 Å². The van der Waals surface area contributed by atoms with Gasteiger partial charge in [-0.15, -0.1) is 0 Å². The molecule has 20 heavy (non-hydrogen) atoms. The predicted octanol–water partition coefficient (Wildman–Crippen LogP) is 4.31. The molecule has 1 aromatic rings. The van der Waals surface area contributed by atoms with E-state index in [1.54, 1.807) is 0 Å². The van der Waals surface area contributed by atoms with Gasteiger partial charge < -0.3 is 10.1 Å². The van der Waals surface area contributed by atoms with E-state index in [9.17, 15) is 0 Å². The van der Waals surface area contributed by atoms with Crippen LogP contribution in [-0.2, 0) is 11.3 Å². The first-order valence-corrected chi connectivity index (χ1v) is 8.25. The summed E-state index contributed by atoms with van der Waals surface area (Å²) >= 11 is 5.92. The molecule has 0 bridgehead atoms. The van der Waals surface area contributed by atoms with Gasteiger partial charge in [-0.3, -0.25) is 0 Å². The Bertz CT molecular complexity index is 420. The lowest BCUT2D eigenvalue weighted by atomic mass is 9.78. The Kier molecular flexibility index (Phi) is 4.65. The molecule has 1 spiro atoms. The van der Waals surface area contributed by atoms with Crippen LogP contribution in [0.1, 0.15) is 50.5 Å². The SMILES string of the molecule is Clc1ccc(CNC2CCOC3(CCCCC3)C2)cc1. The lowest BCUT2D eigenvalue weighted by Gasteiger charge is -2.43. The van der Waals surface area contributed by atoms with Crippen molar-refractivity contribution < 1.29 is 4.74 Å². The molecule has 2 aliphatic rings. The highest BCUT2D eigenvalue weighted by molar-refractivity contribution is 6.30. The number of hydrogen-bond donors (Lipinski definition) is 1. The number of nitrogens with one attached hydrogen (secondary N) is 1. The normalized spacial score (nSPS) is 25.8. The summed E-state index contributed by atoms with van der Waals surface area (Å²) in [4.78, 5) is 0. The first-order valence-electron chi connectivity index (χ1n) is 7.88. The molecule has 1 saturated carbocycles. The molecule has 1 atom stereocenters. The summed E-state index contributed by atoms with van der Waals surface area (Å²) in [5, 5.41) is 4.51. The molecule has 3 rings (SSSR count). The van der Waals surface area contributed by atoms with E-state index in [1.807, 2.05) is 12.1 Å². The van der Waals surface area contributed by atoms with Crippen molar-refractivity contribution in [3.8, 4) is 0 Å². The molecule has 1 aliphatic heterocycles. The zero-order valence-corrected chi connectivity index (χ0v) is 12.8. The van der Waals surface area contributed by atoms with Gasteiger partial charge in [0.05, 0.1) is 5.60 Å². The van der Waals surface area contributed by atoms with Gasteiger partial charge in [0, 0.05) is 24.2 Å². The molecule has 2 nitrogen and oxygen atoms in total. The van der Waals surface area contributed by atoms with Gasteiger partial charge in [-0.1, -0.05) is 43.0 Å². The predicted molar refractivity (Wildman–Crippen MR) is 83.1 cm³/mol.